The van der Waals surface area contributed by atoms with Crippen LogP contribution in [0.5, 0.6) is 0 Å². The first kappa shape index (κ1) is 5.30. The Hall–Kier alpha value is -0.500. The first-order valence-corrected chi connectivity index (χ1v) is 3.52. The van der Waals surface area contributed by atoms with Gasteiger partial charge in [-0.15, -0.1) is 0 Å². The van der Waals surface area contributed by atoms with Crippen LogP contribution >= 0.6 is 0 Å². The first-order chi connectivity index (χ1) is 4.29. The van der Waals surface area contributed by atoms with E-state index in [2.05, 4.69) is 0 Å². The molecule has 0 aromatic rings. The van der Waals surface area contributed by atoms with Gasteiger partial charge in [-0.25, -0.2) is 0 Å². The van der Waals surface area contributed by atoms with Crippen molar-refractivity contribution < 1.29 is 0 Å². The summed E-state index contributed by atoms with van der Waals surface area (Å²) in [4.78, 5) is 0. The molecule has 2 heteroatoms. The highest BCUT2D eigenvalue weighted by atomic mass is 14.8. The fraction of sp³-hybridized carbons (Fsp3) is 0.714. The molecule has 9 heavy (non-hydrogen) atoms. The number of hydrogen-bond donors (Lipinski definition) is 2. The molecule has 2 nitrogen and oxygen atoms in total. The van der Waals surface area contributed by atoms with E-state index >= 15 is 0 Å². The number of hydrogen-bond acceptors (Lipinski definition) is 2. The average molecular weight is 124 g/mol. The molecule has 0 aromatic heterocycles. The third-order valence-corrected chi connectivity index (χ3v) is 2.60. The number of allylic oxidation sites excluding steroid dienone is 1. The smallest absolute Gasteiger partial charge is 0.0473 e. The summed E-state index contributed by atoms with van der Waals surface area (Å²) in [7, 11) is 0. The number of rotatable bonds is 0. The van der Waals surface area contributed by atoms with Crippen LogP contribution in [0.15, 0.2) is 11.3 Å². The first-order valence-electron chi connectivity index (χ1n) is 3.52. The maximum Gasteiger partial charge on any atom is 0.0473 e. The van der Waals surface area contributed by atoms with Gasteiger partial charge in [-0.3, -0.25) is 0 Å². The lowest BCUT2D eigenvalue weighted by Crippen LogP contribution is -2.32. The fourth-order valence-electron chi connectivity index (χ4n) is 1.94. The lowest BCUT2D eigenvalue weighted by Gasteiger charge is -2.16. The van der Waals surface area contributed by atoms with E-state index in [9.17, 15) is 0 Å². The molecule has 2 aliphatic rings. The lowest BCUT2D eigenvalue weighted by atomic mass is 9.99. The topological polar surface area (TPSA) is 52.0 Å². The van der Waals surface area contributed by atoms with Crippen molar-refractivity contribution in [3.05, 3.63) is 11.3 Å². The van der Waals surface area contributed by atoms with Crippen LogP contribution in [-0.4, -0.2) is 6.04 Å². The van der Waals surface area contributed by atoms with Crippen LogP contribution in [0.4, 0.5) is 0 Å². The normalized spacial score (nSPS) is 40.6. The van der Waals surface area contributed by atoms with E-state index in [0.717, 1.165) is 5.70 Å². The molecule has 0 aromatic carbocycles. The molecule has 2 aliphatic carbocycles. The van der Waals surface area contributed by atoms with Crippen molar-refractivity contribution in [2.45, 2.75) is 25.3 Å². The fourth-order valence-corrected chi connectivity index (χ4v) is 1.94. The van der Waals surface area contributed by atoms with E-state index in [-0.39, 0.29) is 6.04 Å². The molecular formula is C7H12N2. The Morgan fingerprint density at radius 1 is 1.44 bits per heavy atom. The van der Waals surface area contributed by atoms with Gasteiger partial charge in [0.15, 0.2) is 0 Å². The molecule has 0 spiro atoms. The Morgan fingerprint density at radius 3 is 2.56 bits per heavy atom. The minimum Gasteiger partial charge on any atom is -0.401 e. The molecule has 2 atom stereocenters. The van der Waals surface area contributed by atoms with Gasteiger partial charge in [0.05, 0.1) is 0 Å². The van der Waals surface area contributed by atoms with Crippen molar-refractivity contribution in [1.29, 1.82) is 0 Å². The summed E-state index contributed by atoms with van der Waals surface area (Å²) < 4.78 is 0. The zero-order valence-corrected chi connectivity index (χ0v) is 5.43. The zero-order valence-electron chi connectivity index (χ0n) is 5.43. The van der Waals surface area contributed by atoms with Crippen molar-refractivity contribution in [2.24, 2.45) is 17.4 Å². The Balaban J connectivity index is 2.36. The molecule has 2 unspecified atom stereocenters. The summed E-state index contributed by atoms with van der Waals surface area (Å²) in [6, 6.07) is 0.203. The van der Waals surface area contributed by atoms with E-state index < -0.39 is 0 Å². The van der Waals surface area contributed by atoms with Gasteiger partial charge in [-0.05, 0) is 30.8 Å². The van der Waals surface area contributed by atoms with E-state index in [0.29, 0.717) is 5.92 Å². The Labute approximate surface area is 54.9 Å². The Bertz CT molecular complexity index is 172. The second-order valence-electron chi connectivity index (χ2n) is 3.09. The zero-order chi connectivity index (χ0) is 6.43. The maximum absolute atomic E-state index is 5.78. The summed E-state index contributed by atoms with van der Waals surface area (Å²) in [5, 5.41) is 0. The van der Waals surface area contributed by atoms with E-state index in [4.69, 9.17) is 11.5 Å². The lowest BCUT2D eigenvalue weighted by molar-refractivity contribution is 0.490. The third kappa shape index (κ3) is 0.540. The van der Waals surface area contributed by atoms with Gasteiger partial charge in [0.2, 0.25) is 0 Å². The van der Waals surface area contributed by atoms with E-state index in [1.807, 2.05) is 0 Å². The molecule has 1 saturated carbocycles. The van der Waals surface area contributed by atoms with Gasteiger partial charge < -0.3 is 11.5 Å². The molecule has 0 saturated heterocycles. The van der Waals surface area contributed by atoms with Gasteiger partial charge in [0.25, 0.3) is 0 Å². The molecule has 4 N–H and O–H groups in total. The van der Waals surface area contributed by atoms with Gasteiger partial charge in [0, 0.05) is 11.7 Å². The Kier molecular flexibility index (Phi) is 0.887. The van der Waals surface area contributed by atoms with Gasteiger partial charge in [-0.1, -0.05) is 0 Å². The van der Waals surface area contributed by atoms with Crippen LogP contribution in [0.2, 0.25) is 0 Å². The molecule has 0 amide bonds. The largest absolute Gasteiger partial charge is 0.401 e. The van der Waals surface area contributed by atoms with Crippen LogP contribution in [0.1, 0.15) is 19.3 Å². The predicted octanol–water partition coefficient (Wildman–Crippen LogP) is 0.340. The highest BCUT2D eigenvalue weighted by Gasteiger charge is 2.35. The van der Waals surface area contributed by atoms with Crippen LogP contribution in [0, 0.1) is 5.92 Å². The molecule has 0 aliphatic heterocycles. The summed E-state index contributed by atoms with van der Waals surface area (Å²) in [6.07, 6.45) is 3.68. The van der Waals surface area contributed by atoms with E-state index in [1.165, 1.54) is 24.8 Å². The van der Waals surface area contributed by atoms with Crippen LogP contribution < -0.4 is 11.5 Å². The second-order valence-corrected chi connectivity index (χ2v) is 3.09. The number of nitrogens with two attached hydrogens (primary N) is 2. The summed E-state index contributed by atoms with van der Waals surface area (Å²) in [5.41, 5.74) is 13.9. The highest BCUT2D eigenvalue weighted by molar-refractivity contribution is 5.29. The number of fused-ring (bicyclic) bond motifs is 2. The molecular weight excluding hydrogens is 112 g/mol. The maximum atomic E-state index is 5.78. The van der Waals surface area contributed by atoms with Crippen LogP contribution in [0.25, 0.3) is 0 Å². The summed E-state index contributed by atoms with van der Waals surface area (Å²) in [6.45, 7) is 0. The van der Waals surface area contributed by atoms with Crippen molar-refractivity contribution in [3.8, 4) is 0 Å². The Morgan fingerprint density at radius 2 is 2.22 bits per heavy atom. The standard InChI is InChI=1S/C7H12N2/c8-6-4-1-2-5(3-4)7(6)9/h4,6H,1-3,8-9H2. The van der Waals surface area contributed by atoms with E-state index in [1.54, 1.807) is 0 Å². The molecule has 0 radical (unpaired) electrons. The highest BCUT2D eigenvalue weighted by Crippen LogP contribution is 2.41. The van der Waals surface area contributed by atoms with Gasteiger partial charge >= 0.3 is 0 Å². The predicted molar refractivity (Wildman–Crippen MR) is 36.5 cm³/mol. The molecule has 2 rings (SSSR count). The summed E-state index contributed by atoms with van der Waals surface area (Å²) in [5.74, 6) is 0.694. The monoisotopic (exact) mass is 124 g/mol. The van der Waals surface area contributed by atoms with Crippen LogP contribution in [-0.2, 0) is 0 Å². The van der Waals surface area contributed by atoms with Crippen LogP contribution in [0.3, 0.4) is 0 Å². The molecule has 2 bridgehead atoms. The van der Waals surface area contributed by atoms with Crippen molar-refractivity contribution in [3.63, 3.8) is 0 Å². The minimum absolute atomic E-state index is 0.203. The molecule has 1 fully saturated rings. The second kappa shape index (κ2) is 1.51. The summed E-state index contributed by atoms with van der Waals surface area (Å²) >= 11 is 0. The van der Waals surface area contributed by atoms with Gasteiger partial charge in [0.1, 0.15) is 0 Å². The third-order valence-electron chi connectivity index (χ3n) is 2.60. The van der Waals surface area contributed by atoms with Crippen molar-refractivity contribution in [2.75, 3.05) is 0 Å². The van der Waals surface area contributed by atoms with Gasteiger partial charge in [-0.2, -0.15) is 0 Å². The SMILES string of the molecule is NC1=C2CCC(C2)C1N. The molecule has 0 heterocycles. The minimum atomic E-state index is 0.203. The molecule has 50 valence electrons. The quantitative estimate of drug-likeness (QED) is 0.489. The van der Waals surface area contributed by atoms with Crippen molar-refractivity contribution in [1.82, 2.24) is 0 Å². The van der Waals surface area contributed by atoms with Crippen molar-refractivity contribution >= 4 is 0 Å². The average Bonchev–Trinajstić information content (AvgIpc) is 2.37.